The van der Waals surface area contributed by atoms with Gasteiger partial charge in [0.1, 0.15) is 5.82 Å². The van der Waals surface area contributed by atoms with E-state index in [0.29, 0.717) is 23.1 Å². The Bertz CT molecular complexity index is 449. The van der Waals surface area contributed by atoms with Crippen LogP contribution < -0.4 is 5.73 Å². The van der Waals surface area contributed by atoms with Gasteiger partial charge in [-0.25, -0.2) is 4.39 Å². The molecule has 1 rings (SSSR count). The van der Waals surface area contributed by atoms with Gasteiger partial charge in [0, 0.05) is 19.2 Å². The van der Waals surface area contributed by atoms with E-state index >= 15 is 0 Å². The zero-order valence-electron chi connectivity index (χ0n) is 10.8. The van der Waals surface area contributed by atoms with Crippen molar-refractivity contribution in [1.29, 1.82) is 0 Å². The van der Waals surface area contributed by atoms with E-state index in [1.54, 1.807) is 18.0 Å². The van der Waals surface area contributed by atoms with Gasteiger partial charge in [0.2, 0.25) is 0 Å². The predicted molar refractivity (Wildman–Crippen MR) is 73.9 cm³/mol. The van der Waals surface area contributed by atoms with Gasteiger partial charge < -0.3 is 10.6 Å². The molecule has 0 aliphatic carbocycles. The second-order valence-corrected chi connectivity index (χ2v) is 6.01. The number of halogens is 2. The SMILES string of the molecule is CN(CC(C)(C)CN)C(=O)c1ccc(Br)c(F)c1. The molecule has 0 unspecified atom stereocenters. The first-order valence-electron chi connectivity index (χ1n) is 5.67. The average Bonchev–Trinajstić information content (AvgIpc) is 2.31. The molecule has 0 aliphatic heterocycles. The lowest BCUT2D eigenvalue weighted by Crippen LogP contribution is -2.39. The molecule has 1 amide bonds. The molecule has 0 saturated carbocycles. The smallest absolute Gasteiger partial charge is 0.253 e. The fraction of sp³-hybridized carbons (Fsp3) is 0.462. The zero-order chi connectivity index (χ0) is 13.9. The third-order valence-corrected chi connectivity index (χ3v) is 3.37. The molecular weight excluding hydrogens is 299 g/mol. The summed E-state index contributed by atoms with van der Waals surface area (Å²) in [5, 5.41) is 0. The Morgan fingerprint density at radius 3 is 2.61 bits per heavy atom. The van der Waals surface area contributed by atoms with Crippen molar-refractivity contribution in [2.45, 2.75) is 13.8 Å². The van der Waals surface area contributed by atoms with Crippen LogP contribution in [-0.4, -0.2) is 30.9 Å². The summed E-state index contributed by atoms with van der Waals surface area (Å²) < 4.78 is 13.7. The maximum Gasteiger partial charge on any atom is 0.253 e. The number of carbonyl (C=O) groups is 1. The molecule has 18 heavy (non-hydrogen) atoms. The van der Waals surface area contributed by atoms with Crippen LogP contribution in [0.5, 0.6) is 0 Å². The zero-order valence-corrected chi connectivity index (χ0v) is 12.4. The molecule has 0 bridgehead atoms. The Hall–Kier alpha value is -0.940. The van der Waals surface area contributed by atoms with Crippen molar-refractivity contribution in [3.05, 3.63) is 34.1 Å². The largest absolute Gasteiger partial charge is 0.341 e. The minimum Gasteiger partial charge on any atom is -0.341 e. The summed E-state index contributed by atoms with van der Waals surface area (Å²) in [4.78, 5) is 13.7. The summed E-state index contributed by atoms with van der Waals surface area (Å²) in [6.45, 7) is 4.98. The van der Waals surface area contributed by atoms with Crippen LogP contribution in [0.25, 0.3) is 0 Å². The standard InChI is InChI=1S/C13H18BrFN2O/c1-13(2,7-16)8-17(3)12(18)9-4-5-10(14)11(15)6-9/h4-6H,7-8,16H2,1-3H3. The summed E-state index contributed by atoms with van der Waals surface area (Å²) in [5.74, 6) is -0.643. The molecule has 100 valence electrons. The van der Waals surface area contributed by atoms with Gasteiger partial charge in [-0.1, -0.05) is 13.8 Å². The first kappa shape index (κ1) is 15.1. The highest BCUT2D eigenvalue weighted by atomic mass is 79.9. The summed E-state index contributed by atoms with van der Waals surface area (Å²) in [5.41, 5.74) is 5.82. The normalized spacial score (nSPS) is 11.4. The highest BCUT2D eigenvalue weighted by molar-refractivity contribution is 9.10. The molecule has 0 fully saturated rings. The van der Waals surface area contributed by atoms with Crippen molar-refractivity contribution >= 4 is 21.8 Å². The molecular formula is C13H18BrFN2O. The highest BCUT2D eigenvalue weighted by Gasteiger charge is 2.22. The fourth-order valence-corrected chi connectivity index (χ4v) is 1.87. The van der Waals surface area contributed by atoms with E-state index in [-0.39, 0.29) is 11.3 Å². The predicted octanol–water partition coefficient (Wildman–Crippen LogP) is 2.65. The Kier molecular flexibility index (Phi) is 4.87. The molecule has 1 aromatic rings. The van der Waals surface area contributed by atoms with Crippen LogP contribution in [0.2, 0.25) is 0 Å². The third-order valence-electron chi connectivity index (χ3n) is 2.73. The van der Waals surface area contributed by atoms with E-state index in [4.69, 9.17) is 5.73 Å². The van der Waals surface area contributed by atoms with E-state index < -0.39 is 5.82 Å². The molecule has 0 atom stereocenters. The minimum absolute atomic E-state index is 0.154. The lowest BCUT2D eigenvalue weighted by atomic mass is 9.93. The molecule has 5 heteroatoms. The lowest BCUT2D eigenvalue weighted by molar-refractivity contribution is 0.0740. The number of carbonyl (C=O) groups excluding carboxylic acids is 1. The minimum atomic E-state index is -0.438. The summed E-state index contributed by atoms with van der Waals surface area (Å²) >= 11 is 3.06. The van der Waals surface area contributed by atoms with Crippen LogP contribution in [0.15, 0.2) is 22.7 Å². The average molecular weight is 317 g/mol. The monoisotopic (exact) mass is 316 g/mol. The molecule has 0 saturated heterocycles. The Labute approximate surface area is 115 Å². The van der Waals surface area contributed by atoms with Crippen molar-refractivity contribution in [3.63, 3.8) is 0 Å². The second kappa shape index (κ2) is 5.80. The molecule has 1 aromatic carbocycles. The van der Waals surface area contributed by atoms with Crippen LogP contribution >= 0.6 is 15.9 Å². The van der Waals surface area contributed by atoms with Gasteiger partial charge in [-0.3, -0.25) is 4.79 Å². The van der Waals surface area contributed by atoms with Gasteiger partial charge >= 0.3 is 0 Å². The van der Waals surface area contributed by atoms with Crippen LogP contribution in [0.1, 0.15) is 24.2 Å². The number of rotatable bonds is 4. The maximum atomic E-state index is 13.4. The number of benzene rings is 1. The van der Waals surface area contributed by atoms with E-state index in [1.165, 1.54) is 12.1 Å². The van der Waals surface area contributed by atoms with Gasteiger partial charge in [0.15, 0.2) is 0 Å². The summed E-state index contributed by atoms with van der Waals surface area (Å²) in [6, 6.07) is 4.37. The highest BCUT2D eigenvalue weighted by Crippen LogP contribution is 2.19. The van der Waals surface area contributed by atoms with Gasteiger partial charge in [-0.15, -0.1) is 0 Å². The second-order valence-electron chi connectivity index (χ2n) is 5.16. The Morgan fingerprint density at radius 1 is 1.50 bits per heavy atom. The van der Waals surface area contributed by atoms with Crippen LogP contribution in [-0.2, 0) is 0 Å². The van der Waals surface area contributed by atoms with Gasteiger partial charge in [-0.05, 0) is 46.1 Å². The molecule has 3 nitrogen and oxygen atoms in total. The van der Waals surface area contributed by atoms with Crippen molar-refractivity contribution < 1.29 is 9.18 Å². The van der Waals surface area contributed by atoms with Crippen molar-refractivity contribution in [2.75, 3.05) is 20.1 Å². The summed E-state index contributed by atoms with van der Waals surface area (Å²) in [6.07, 6.45) is 0. The number of hydrogen-bond donors (Lipinski definition) is 1. The Balaban J connectivity index is 2.83. The number of amides is 1. The molecule has 0 aliphatic rings. The number of hydrogen-bond acceptors (Lipinski definition) is 2. The summed E-state index contributed by atoms with van der Waals surface area (Å²) in [7, 11) is 1.69. The van der Waals surface area contributed by atoms with Crippen LogP contribution in [0, 0.1) is 11.2 Å². The maximum absolute atomic E-state index is 13.4. The van der Waals surface area contributed by atoms with E-state index in [0.717, 1.165) is 0 Å². The van der Waals surface area contributed by atoms with Crippen LogP contribution in [0.4, 0.5) is 4.39 Å². The first-order chi connectivity index (χ1) is 8.26. The van der Waals surface area contributed by atoms with E-state index in [9.17, 15) is 9.18 Å². The Morgan fingerprint density at radius 2 is 2.11 bits per heavy atom. The van der Waals surface area contributed by atoms with Crippen molar-refractivity contribution in [2.24, 2.45) is 11.1 Å². The number of nitrogens with zero attached hydrogens (tertiary/aromatic N) is 1. The molecule has 0 aromatic heterocycles. The van der Waals surface area contributed by atoms with Crippen molar-refractivity contribution in [3.8, 4) is 0 Å². The fourth-order valence-electron chi connectivity index (χ4n) is 1.63. The lowest BCUT2D eigenvalue weighted by Gasteiger charge is -2.29. The molecule has 0 spiro atoms. The molecule has 0 radical (unpaired) electrons. The topological polar surface area (TPSA) is 46.3 Å². The van der Waals surface area contributed by atoms with Gasteiger partial charge in [0.05, 0.1) is 4.47 Å². The first-order valence-corrected chi connectivity index (χ1v) is 6.47. The third kappa shape index (κ3) is 3.78. The van der Waals surface area contributed by atoms with Crippen LogP contribution in [0.3, 0.4) is 0 Å². The molecule has 2 N–H and O–H groups in total. The van der Waals surface area contributed by atoms with Gasteiger partial charge in [-0.2, -0.15) is 0 Å². The van der Waals surface area contributed by atoms with Crippen molar-refractivity contribution in [1.82, 2.24) is 4.90 Å². The molecule has 0 heterocycles. The van der Waals surface area contributed by atoms with Gasteiger partial charge in [0.25, 0.3) is 5.91 Å². The van der Waals surface area contributed by atoms with E-state index in [2.05, 4.69) is 15.9 Å². The quantitative estimate of drug-likeness (QED) is 0.928. The van der Waals surface area contributed by atoms with E-state index in [1.807, 2.05) is 13.8 Å². The number of nitrogens with two attached hydrogens (primary N) is 1.